The van der Waals surface area contributed by atoms with Gasteiger partial charge in [-0.05, 0) is 31.6 Å². The standard InChI is InChI=1S/C45H55N5O11/c1-22-14-13-15-23(2)43(57)48-31-20-30(49-50-44(46)47-21-29-16-11-10-12-17-29)33-34(39(31)55)38(54)27(6)41-35(33)42(56)45(8,61-41)59-19-18-32(58-9)24(3)40(60-28(7)51)26(5)37(53)25(4)36(22)52/h10-20,22,24-26,32,36-37,40,52-55H,21H2,1-9H3,(H2,46,47)(H,48,57). The van der Waals surface area contributed by atoms with Gasteiger partial charge in [0, 0.05) is 61.2 Å². The summed E-state index contributed by atoms with van der Waals surface area (Å²) in [5, 5.41) is 57.0. The number of phenolic OH excluding ortho intramolecular Hbond substituents is 2. The van der Waals surface area contributed by atoms with Crippen LogP contribution in [0, 0.1) is 30.6 Å². The van der Waals surface area contributed by atoms with Gasteiger partial charge in [-0.2, -0.15) is 0 Å². The number of aliphatic hydroxyl groups excluding tert-OH is 2. The van der Waals surface area contributed by atoms with Crippen LogP contribution in [0.1, 0.15) is 70.0 Å². The molecule has 61 heavy (non-hydrogen) atoms. The lowest BCUT2D eigenvalue weighted by molar-refractivity contribution is -0.160. The highest BCUT2D eigenvalue weighted by Crippen LogP contribution is 2.54. The van der Waals surface area contributed by atoms with Crippen molar-refractivity contribution in [1.82, 2.24) is 0 Å². The van der Waals surface area contributed by atoms with Crippen molar-refractivity contribution in [2.75, 3.05) is 12.4 Å². The van der Waals surface area contributed by atoms with Crippen molar-refractivity contribution >= 4 is 45.8 Å². The number of methoxy groups -OCH3 is 1. The van der Waals surface area contributed by atoms with E-state index < -0.39 is 83.0 Å². The predicted octanol–water partition coefficient (Wildman–Crippen LogP) is 6.65. The van der Waals surface area contributed by atoms with E-state index in [1.165, 1.54) is 59.3 Å². The van der Waals surface area contributed by atoms with Gasteiger partial charge in [-0.25, -0.2) is 4.99 Å². The summed E-state index contributed by atoms with van der Waals surface area (Å²) in [6.07, 6.45) is 3.61. The number of aromatic hydroxyl groups is 2. The molecule has 3 heterocycles. The van der Waals surface area contributed by atoms with Gasteiger partial charge < -0.3 is 50.4 Å². The number of nitrogens with one attached hydrogen (secondary N) is 1. The van der Waals surface area contributed by atoms with E-state index in [0.717, 1.165) is 5.56 Å². The Labute approximate surface area is 354 Å². The molecule has 0 radical (unpaired) electrons. The topological polar surface area (TPSA) is 244 Å². The molecule has 16 nitrogen and oxygen atoms in total. The number of hydrogen-bond acceptors (Lipinski definition) is 13. The first-order valence-corrected chi connectivity index (χ1v) is 19.9. The molecule has 16 heteroatoms. The minimum Gasteiger partial charge on any atom is -0.507 e. The van der Waals surface area contributed by atoms with Crippen LogP contribution < -0.4 is 15.8 Å². The lowest BCUT2D eigenvalue weighted by atomic mass is 9.78. The molecule has 9 unspecified atom stereocenters. The molecule has 0 aliphatic carbocycles. The zero-order valence-corrected chi connectivity index (χ0v) is 35.7. The summed E-state index contributed by atoms with van der Waals surface area (Å²) >= 11 is 0. The lowest BCUT2D eigenvalue weighted by Gasteiger charge is -2.38. The number of esters is 1. The van der Waals surface area contributed by atoms with Crippen molar-refractivity contribution in [1.29, 1.82) is 0 Å². The van der Waals surface area contributed by atoms with Crippen LogP contribution >= 0.6 is 0 Å². The van der Waals surface area contributed by atoms with Crippen molar-refractivity contribution in [2.45, 2.75) is 92.1 Å². The fraction of sp³-hybridized carbons (Fsp3) is 0.422. The van der Waals surface area contributed by atoms with E-state index >= 15 is 0 Å². The maximum atomic E-state index is 14.5. The number of fused-ring (bicyclic) bond motifs is 14. The van der Waals surface area contributed by atoms with E-state index in [1.807, 2.05) is 30.3 Å². The number of Topliss-reactive ketones (excluding diaryl/α,β-unsaturated/α-hetero) is 1. The van der Waals surface area contributed by atoms with Crippen LogP contribution in [0.25, 0.3) is 10.8 Å². The summed E-state index contributed by atoms with van der Waals surface area (Å²) in [6, 6.07) is 10.6. The molecule has 6 rings (SSSR count). The molecular formula is C45H55N5O11. The number of anilines is 1. The van der Waals surface area contributed by atoms with Crippen molar-refractivity contribution in [3.05, 3.63) is 89.2 Å². The summed E-state index contributed by atoms with van der Waals surface area (Å²) in [7, 11) is 1.44. The Hall–Kier alpha value is -6.10. The van der Waals surface area contributed by atoms with Gasteiger partial charge in [0.05, 0.1) is 53.4 Å². The van der Waals surface area contributed by atoms with E-state index in [0.29, 0.717) is 0 Å². The van der Waals surface area contributed by atoms with E-state index in [-0.39, 0.29) is 57.1 Å². The van der Waals surface area contributed by atoms with Crippen LogP contribution in [0.4, 0.5) is 11.4 Å². The number of aliphatic imine (C=N–C) groups is 1. The largest absolute Gasteiger partial charge is 0.507 e. The van der Waals surface area contributed by atoms with Crippen LogP contribution in [-0.4, -0.2) is 81.4 Å². The minimum atomic E-state index is -2.02. The molecule has 3 aromatic carbocycles. The summed E-state index contributed by atoms with van der Waals surface area (Å²) in [6.45, 7) is 12.8. The van der Waals surface area contributed by atoms with E-state index in [4.69, 9.17) is 24.7 Å². The maximum absolute atomic E-state index is 14.5. The zero-order chi connectivity index (χ0) is 44.9. The lowest BCUT2D eigenvalue weighted by Crippen LogP contribution is -2.46. The molecule has 0 aromatic heterocycles. The normalized spacial score (nSPS) is 27.9. The molecule has 0 fully saturated rings. The molecule has 0 spiro atoms. The van der Waals surface area contributed by atoms with Gasteiger partial charge in [-0.3, -0.25) is 14.4 Å². The summed E-state index contributed by atoms with van der Waals surface area (Å²) < 4.78 is 23.7. The predicted molar refractivity (Wildman–Crippen MR) is 228 cm³/mol. The maximum Gasteiger partial charge on any atom is 0.312 e. The Balaban J connectivity index is 1.68. The monoisotopic (exact) mass is 841 g/mol. The number of phenols is 2. The quantitative estimate of drug-likeness (QED) is 0.0520. The number of nitrogens with zero attached hydrogens (tertiary/aromatic N) is 3. The smallest absolute Gasteiger partial charge is 0.312 e. The first kappa shape index (κ1) is 46.0. The summed E-state index contributed by atoms with van der Waals surface area (Å²) in [4.78, 5) is 44.7. The second kappa shape index (κ2) is 19.1. The Morgan fingerprint density at radius 1 is 0.967 bits per heavy atom. The van der Waals surface area contributed by atoms with Gasteiger partial charge in [0.25, 0.3) is 11.7 Å². The van der Waals surface area contributed by atoms with Crippen LogP contribution in [0.3, 0.4) is 0 Å². The number of amides is 1. The number of rotatable bonds is 5. The van der Waals surface area contributed by atoms with Crippen LogP contribution in [-0.2, 0) is 30.3 Å². The first-order chi connectivity index (χ1) is 28.8. The third kappa shape index (κ3) is 9.77. The highest BCUT2D eigenvalue weighted by molar-refractivity contribution is 6.22. The summed E-state index contributed by atoms with van der Waals surface area (Å²) in [5.74, 6) is -7.75. The van der Waals surface area contributed by atoms with Crippen LogP contribution in [0.5, 0.6) is 17.2 Å². The number of ketones is 1. The molecular weight excluding hydrogens is 787 g/mol. The van der Waals surface area contributed by atoms with Gasteiger partial charge in [0.1, 0.15) is 17.6 Å². The van der Waals surface area contributed by atoms with Crippen molar-refractivity contribution in [3.8, 4) is 17.2 Å². The number of carbonyl (C=O) groups excluding carboxylic acids is 3. The third-order valence-corrected chi connectivity index (χ3v) is 11.4. The fourth-order valence-corrected chi connectivity index (χ4v) is 7.62. The molecule has 5 bridgehead atoms. The Morgan fingerprint density at radius 2 is 1.66 bits per heavy atom. The summed E-state index contributed by atoms with van der Waals surface area (Å²) in [5.41, 5.74) is 6.92. The van der Waals surface area contributed by atoms with Gasteiger partial charge in [-0.1, -0.05) is 76.3 Å². The number of azo groups is 1. The molecule has 0 saturated heterocycles. The third-order valence-electron chi connectivity index (χ3n) is 11.4. The molecule has 3 aliphatic rings. The number of benzene rings is 3. The number of guanidine groups is 1. The molecule has 9 atom stereocenters. The highest BCUT2D eigenvalue weighted by atomic mass is 16.7. The number of carbonyl (C=O) groups is 3. The minimum absolute atomic E-state index is 0.0553. The molecule has 1 amide bonds. The Kier molecular flexibility index (Phi) is 14.4. The second-order valence-electron chi connectivity index (χ2n) is 15.8. The molecule has 7 N–H and O–H groups in total. The zero-order valence-electron chi connectivity index (χ0n) is 35.7. The SMILES string of the molecule is COC1C=COC2(C)Oc3c(C)c(O)c4c(O)c(cc(N=NC(N)=NCc5ccccc5)c4c3C2=O)NC(=O)C(C)=CC=CC(C)C(O)C(C)C(O)C(C)C(OC(C)=O)C1C. The number of hydrogen-bond donors (Lipinski definition) is 6. The average molecular weight is 842 g/mol. The second-order valence-corrected chi connectivity index (χ2v) is 15.8. The average Bonchev–Trinajstić information content (AvgIpc) is 3.50. The Bertz CT molecular complexity index is 2310. The number of allylic oxidation sites excluding steroid dienone is 2. The highest BCUT2D eigenvalue weighted by Gasteiger charge is 2.49. The van der Waals surface area contributed by atoms with Gasteiger partial charge in [0.2, 0.25) is 5.96 Å². The molecule has 326 valence electrons. The first-order valence-electron chi connectivity index (χ1n) is 19.9. The van der Waals surface area contributed by atoms with Gasteiger partial charge in [-0.15, -0.1) is 10.2 Å². The van der Waals surface area contributed by atoms with E-state index in [2.05, 4.69) is 20.5 Å². The molecule has 3 aliphatic heterocycles. The number of aliphatic hydroxyl groups is 2. The molecule has 0 saturated carbocycles. The van der Waals surface area contributed by atoms with Crippen LogP contribution in [0.15, 0.2) is 87.8 Å². The van der Waals surface area contributed by atoms with Crippen LogP contribution in [0.2, 0.25) is 0 Å². The fourth-order valence-electron chi connectivity index (χ4n) is 7.62. The van der Waals surface area contributed by atoms with Gasteiger partial charge >= 0.3 is 11.8 Å². The number of ether oxygens (including phenoxy) is 4. The molecule has 3 aromatic rings. The van der Waals surface area contributed by atoms with E-state index in [9.17, 15) is 34.8 Å². The van der Waals surface area contributed by atoms with Gasteiger partial charge in [0.15, 0.2) is 5.75 Å². The van der Waals surface area contributed by atoms with Crippen molar-refractivity contribution < 1.29 is 53.8 Å². The van der Waals surface area contributed by atoms with E-state index in [1.54, 1.807) is 39.8 Å². The number of nitrogens with two attached hydrogens (primary N) is 1. The van der Waals surface area contributed by atoms with Crippen molar-refractivity contribution in [2.24, 2.45) is 44.6 Å². The van der Waals surface area contributed by atoms with Crippen molar-refractivity contribution in [3.63, 3.8) is 0 Å². The Morgan fingerprint density at radius 3 is 2.31 bits per heavy atom.